The van der Waals surface area contributed by atoms with E-state index in [0.29, 0.717) is 6.04 Å². The van der Waals surface area contributed by atoms with Crippen LogP contribution in [0.1, 0.15) is 30.5 Å². The van der Waals surface area contributed by atoms with Gasteiger partial charge in [-0.2, -0.15) is 0 Å². The first-order valence-corrected chi connectivity index (χ1v) is 7.71. The molecule has 0 amide bonds. The second-order valence-corrected chi connectivity index (χ2v) is 5.76. The topological polar surface area (TPSA) is 12.0 Å². The fraction of sp³-hybridized carbons (Fsp3) is 0.294. The highest BCUT2D eigenvalue weighted by Crippen LogP contribution is 2.20. The fourth-order valence-corrected chi connectivity index (χ4v) is 2.68. The van der Waals surface area contributed by atoms with E-state index < -0.39 is 0 Å². The third kappa shape index (κ3) is 4.43. The molecule has 0 heterocycles. The van der Waals surface area contributed by atoms with Crippen LogP contribution in [-0.2, 0) is 6.42 Å². The van der Waals surface area contributed by atoms with Crippen molar-refractivity contribution < 1.29 is 4.39 Å². The molecular weight excluding hydrogens is 317 g/mol. The quantitative estimate of drug-likeness (QED) is 0.793. The Kier molecular flexibility index (Phi) is 5.74. The predicted octanol–water partition coefficient (Wildman–Crippen LogP) is 4.87. The first-order valence-electron chi connectivity index (χ1n) is 6.92. The van der Waals surface area contributed by atoms with Crippen LogP contribution >= 0.6 is 15.9 Å². The Morgan fingerprint density at radius 1 is 1.15 bits per heavy atom. The molecule has 0 aliphatic heterocycles. The van der Waals surface area contributed by atoms with Crippen LogP contribution in [0.15, 0.2) is 53.0 Å². The number of hydrogen-bond acceptors (Lipinski definition) is 1. The zero-order chi connectivity index (χ0) is 14.4. The van der Waals surface area contributed by atoms with Gasteiger partial charge in [0, 0.05) is 10.5 Å². The lowest BCUT2D eigenvalue weighted by molar-refractivity contribution is 0.522. The second-order valence-electron chi connectivity index (χ2n) is 4.85. The van der Waals surface area contributed by atoms with Gasteiger partial charge in [0.2, 0.25) is 0 Å². The minimum absolute atomic E-state index is 0.178. The number of hydrogen-bond donors (Lipinski definition) is 1. The van der Waals surface area contributed by atoms with Gasteiger partial charge in [-0.3, -0.25) is 0 Å². The van der Waals surface area contributed by atoms with E-state index in [0.717, 1.165) is 29.4 Å². The van der Waals surface area contributed by atoms with E-state index >= 15 is 0 Å². The number of benzene rings is 2. The van der Waals surface area contributed by atoms with E-state index in [1.807, 2.05) is 18.2 Å². The molecule has 0 bridgehead atoms. The molecule has 2 aromatic carbocycles. The standard InChI is InChI=1S/C17H19BrFN/c1-2-17(14-4-3-5-15(18)12-14)20-11-10-13-6-8-16(19)9-7-13/h3-9,12,17,20H,2,10-11H2,1H3. The van der Waals surface area contributed by atoms with E-state index in [-0.39, 0.29) is 5.82 Å². The molecule has 2 aromatic rings. The summed E-state index contributed by atoms with van der Waals surface area (Å²) in [5, 5.41) is 3.56. The Morgan fingerprint density at radius 2 is 1.90 bits per heavy atom. The van der Waals surface area contributed by atoms with Crippen LogP contribution in [0.25, 0.3) is 0 Å². The summed E-state index contributed by atoms with van der Waals surface area (Å²) in [5.74, 6) is -0.178. The van der Waals surface area contributed by atoms with Gasteiger partial charge in [-0.1, -0.05) is 47.1 Å². The highest BCUT2D eigenvalue weighted by Gasteiger charge is 2.08. The molecule has 1 N–H and O–H groups in total. The maximum atomic E-state index is 12.8. The van der Waals surface area contributed by atoms with Crippen molar-refractivity contribution in [2.24, 2.45) is 0 Å². The highest BCUT2D eigenvalue weighted by molar-refractivity contribution is 9.10. The number of halogens is 2. The number of rotatable bonds is 6. The van der Waals surface area contributed by atoms with Gasteiger partial charge in [-0.05, 0) is 54.8 Å². The molecule has 0 saturated heterocycles. The lowest BCUT2D eigenvalue weighted by atomic mass is 10.0. The van der Waals surface area contributed by atoms with Gasteiger partial charge in [0.15, 0.2) is 0 Å². The van der Waals surface area contributed by atoms with Crippen molar-refractivity contribution in [2.45, 2.75) is 25.8 Å². The fourth-order valence-electron chi connectivity index (χ4n) is 2.26. The summed E-state index contributed by atoms with van der Waals surface area (Å²) >= 11 is 3.51. The second kappa shape index (κ2) is 7.55. The van der Waals surface area contributed by atoms with Crippen LogP contribution in [-0.4, -0.2) is 6.54 Å². The molecule has 0 aliphatic carbocycles. The largest absolute Gasteiger partial charge is 0.310 e. The van der Waals surface area contributed by atoms with Gasteiger partial charge < -0.3 is 5.32 Å². The molecule has 0 aliphatic rings. The van der Waals surface area contributed by atoms with Crippen molar-refractivity contribution in [3.63, 3.8) is 0 Å². The van der Waals surface area contributed by atoms with Crippen LogP contribution < -0.4 is 5.32 Å². The molecule has 0 saturated carbocycles. The average molecular weight is 336 g/mol. The normalized spacial score (nSPS) is 12.3. The zero-order valence-electron chi connectivity index (χ0n) is 11.6. The van der Waals surface area contributed by atoms with Crippen LogP contribution in [0.2, 0.25) is 0 Å². The lowest BCUT2D eigenvalue weighted by Gasteiger charge is -2.17. The van der Waals surface area contributed by atoms with Crippen molar-refractivity contribution in [1.82, 2.24) is 5.32 Å². The van der Waals surface area contributed by atoms with Gasteiger partial charge in [0.05, 0.1) is 0 Å². The number of nitrogens with one attached hydrogen (secondary N) is 1. The molecule has 20 heavy (non-hydrogen) atoms. The van der Waals surface area contributed by atoms with Crippen LogP contribution in [0.5, 0.6) is 0 Å². The lowest BCUT2D eigenvalue weighted by Crippen LogP contribution is -2.23. The average Bonchev–Trinajstić information content (AvgIpc) is 2.45. The Morgan fingerprint density at radius 3 is 2.55 bits per heavy atom. The molecule has 0 aromatic heterocycles. The van der Waals surface area contributed by atoms with E-state index in [2.05, 4.69) is 46.4 Å². The summed E-state index contributed by atoms with van der Waals surface area (Å²) in [5.41, 5.74) is 2.45. The first kappa shape index (κ1) is 15.2. The molecule has 3 heteroatoms. The summed E-state index contributed by atoms with van der Waals surface area (Å²) in [6, 6.07) is 15.5. The minimum atomic E-state index is -0.178. The van der Waals surface area contributed by atoms with Gasteiger partial charge in [0.25, 0.3) is 0 Å². The van der Waals surface area contributed by atoms with Crippen molar-refractivity contribution in [2.75, 3.05) is 6.54 Å². The molecule has 0 radical (unpaired) electrons. The minimum Gasteiger partial charge on any atom is -0.310 e. The Bertz CT molecular complexity index is 539. The van der Waals surface area contributed by atoms with Gasteiger partial charge in [-0.25, -0.2) is 4.39 Å². The van der Waals surface area contributed by atoms with Crippen molar-refractivity contribution in [3.8, 4) is 0 Å². The van der Waals surface area contributed by atoms with Crippen molar-refractivity contribution in [1.29, 1.82) is 0 Å². The van der Waals surface area contributed by atoms with E-state index in [4.69, 9.17) is 0 Å². The summed E-state index contributed by atoms with van der Waals surface area (Å²) in [4.78, 5) is 0. The maximum Gasteiger partial charge on any atom is 0.123 e. The molecule has 0 spiro atoms. The molecule has 1 atom stereocenters. The van der Waals surface area contributed by atoms with E-state index in [1.165, 1.54) is 17.7 Å². The van der Waals surface area contributed by atoms with E-state index in [1.54, 1.807) is 0 Å². The molecule has 2 rings (SSSR count). The van der Waals surface area contributed by atoms with Gasteiger partial charge in [-0.15, -0.1) is 0 Å². The third-order valence-electron chi connectivity index (χ3n) is 3.38. The van der Waals surface area contributed by atoms with Gasteiger partial charge in [0.1, 0.15) is 5.82 Å². The van der Waals surface area contributed by atoms with Crippen molar-refractivity contribution >= 4 is 15.9 Å². The van der Waals surface area contributed by atoms with Gasteiger partial charge >= 0.3 is 0 Å². The van der Waals surface area contributed by atoms with Crippen LogP contribution in [0, 0.1) is 5.82 Å². The smallest absolute Gasteiger partial charge is 0.123 e. The maximum absolute atomic E-state index is 12.8. The molecule has 106 valence electrons. The molecule has 1 nitrogen and oxygen atoms in total. The summed E-state index contributed by atoms with van der Waals surface area (Å²) in [7, 11) is 0. The highest BCUT2D eigenvalue weighted by atomic mass is 79.9. The van der Waals surface area contributed by atoms with Crippen molar-refractivity contribution in [3.05, 3.63) is 69.9 Å². The van der Waals surface area contributed by atoms with E-state index in [9.17, 15) is 4.39 Å². The zero-order valence-corrected chi connectivity index (χ0v) is 13.2. The summed E-state index contributed by atoms with van der Waals surface area (Å²) in [6.07, 6.45) is 1.95. The summed E-state index contributed by atoms with van der Waals surface area (Å²) in [6.45, 7) is 3.06. The summed E-state index contributed by atoms with van der Waals surface area (Å²) < 4.78 is 13.9. The molecule has 1 unspecified atom stereocenters. The monoisotopic (exact) mass is 335 g/mol. The Balaban J connectivity index is 1.89. The van der Waals surface area contributed by atoms with Crippen LogP contribution in [0.4, 0.5) is 4.39 Å². The Labute approximate surface area is 128 Å². The predicted molar refractivity (Wildman–Crippen MR) is 85.3 cm³/mol. The SMILES string of the molecule is CCC(NCCc1ccc(F)cc1)c1cccc(Br)c1. The first-order chi connectivity index (χ1) is 9.69. The molecular formula is C17H19BrFN. The van der Waals surface area contributed by atoms with Crippen LogP contribution in [0.3, 0.4) is 0 Å². The molecule has 0 fully saturated rings. The third-order valence-corrected chi connectivity index (χ3v) is 3.87. The Hall–Kier alpha value is -1.19.